The quantitative estimate of drug-likeness (QED) is 0.389. The Kier molecular flexibility index (Phi) is 7.10. The molecule has 0 saturated carbocycles. The lowest BCUT2D eigenvalue weighted by molar-refractivity contribution is -0.139. The number of nitrogens with zero attached hydrogens (tertiary/aromatic N) is 1. The minimum absolute atomic E-state index is 0.198. The Balaban J connectivity index is 2.22. The van der Waals surface area contributed by atoms with Crippen LogP contribution in [0.15, 0.2) is 29.8 Å². The van der Waals surface area contributed by atoms with E-state index in [-0.39, 0.29) is 17.9 Å². The molecule has 0 unspecified atom stereocenters. The number of carbonyl (C=O) groups is 4. The molecule has 144 valence electrons. The molecule has 0 spiro atoms. The fourth-order valence-corrected chi connectivity index (χ4v) is 2.62. The predicted octanol–water partition coefficient (Wildman–Crippen LogP) is 2.19. The number of aliphatic carboxylic acids is 1. The number of nitrogens with one attached hydrogen (secondary N) is 1. The molecule has 1 aromatic carbocycles. The number of unbranched alkanes of at least 4 members (excludes halogenated alkanes) is 3. The molecule has 4 amide bonds. The SMILES string of the molecule is CCCCCCN1C(=O)NC(=O)/C(=C/c2ccccc2OCC(=O)O)C1=O. The number of imide groups is 2. The molecule has 27 heavy (non-hydrogen) atoms. The van der Waals surface area contributed by atoms with E-state index in [0.29, 0.717) is 12.0 Å². The van der Waals surface area contributed by atoms with E-state index in [0.717, 1.165) is 24.2 Å². The molecule has 0 bridgehead atoms. The number of hydrogen-bond donors (Lipinski definition) is 2. The highest BCUT2D eigenvalue weighted by molar-refractivity contribution is 6.31. The van der Waals surface area contributed by atoms with Crippen LogP contribution in [0.25, 0.3) is 6.08 Å². The van der Waals surface area contributed by atoms with Crippen LogP contribution in [0.4, 0.5) is 4.79 Å². The summed E-state index contributed by atoms with van der Waals surface area (Å²) in [4.78, 5) is 48.5. The van der Waals surface area contributed by atoms with Crippen LogP contribution in [0.1, 0.15) is 38.2 Å². The number of ether oxygens (including phenoxy) is 1. The molecule has 0 radical (unpaired) electrons. The van der Waals surface area contributed by atoms with Gasteiger partial charge in [0.1, 0.15) is 11.3 Å². The van der Waals surface area contributed by atoms with E-state index in [4.69, 9.17) is 9.84 Å². The molecule has 1 aliphatic heterocycles. The van der Waals surface area contributed by atoms with Crippen LogP contribution >= 0.6 is 0 Å². The van der Waals surface area contributed by atoms with Gasteiger partial charge in [0.15, 0.2) is 6.61 Å². The first-order valence-electron chi connectivity index (χ1n) is 8.76. The second-order valence-corrected chi connectivity index (χ2v) is 6.05. The summed E-state index contributed by atoms with van der Waals surface area (Å²) in [6.45, 7) is 1.73. The maximum atomic E-state index is 12.6. The summed E-state index contributed by atoms with van der Waals surface area (Å²) >= 11 is 0. The van der Waals surface area contributed by atoms with Crippen molar-refractivity contribution in [3.8, 4) is 5.75 Å². The zero-order chi connectivity index (χ0) is 19.8. The molecule has 1 aliphatic rings. The third kappa shape index (κ3) is 5.40. The zero-order valence-corrected chi connectivity index (χ0v) is 15.1. The second kappa shape index (κ2) is 9.51. The number of urea groups is 1. The number of para-hydroxylation sites is 1. The standard InChI is InChI=1S/C19H22N2O6/c1-2-3-4-7-10-21-18(25)14(17(24)20-19(21)26)11-13-8-5-6-9-15(13)27-12-16(22)23/h5-6,8-9,11H,2-4,7,10,12H2,1H3,(H,22,23)(H,20,24,26)/b14-11-. The number of hydrogen-bond acceptors (Lipinski definition) is 5. The van der Waals surface area contributed by atoms with Crippen molar-refractivity contribution in [3.63, 3.8) is 0 Å². The lowest BCUT2D eigenvalue weighted by Crippen LogP contribution is -2.54. The molecule has 1 saturated heterocycles. The Hall–Kier alpha value is -3.16. The molecule has 1 fully saturated rings. The summed E-state index contributed by atoms with van der Waals surface area (Å²) in [7, 11) is 0. The van der Waals surface area contributed by atoms with Gasteiger partial charge in [0.05, 0.1) is 0 Å². The molecular formula is C19H22N2O6. The van der Waals surface area contributed by atoms with Gasteiger partial charge in [-0.1, -0.05) is 44.4 Å². The number of carboxylic acids is 1. The molecule has 0 aromatic heterocycles. The van der Waals surface area contributed by atoms with Gasteiger partial charge in [-0.05, 0) is 18.6 Å². The fourth-order valence-electron chi connectivity index (χ4n) is 2.62. The van der Waals surface area contributed by atoms with Crippen LogP contribution in [-0.2, 0) is 14.4 Å². The number of amides is 4. The molecular weight excluding hydrogens is 352 g/mol. The van der Waals surface area contributed by atoms with Crippen molar-refractivity contribution in [2.75, 3.05) is 13.2 Å². The third-order valence-electron chi connectivity index (χ3n) is 3.99. The molecule has 0 atom stereocenters. The molecule has 2 rings (SSSR count). The monoisotopic (exact) mass is 374 g/mol. The van der Waals surface area contributed by atoms with Crippen molar-refractivity contribution in [2.45, 2.75) is 32.6 Å². The maximum absolute atomic E-state index is 12.6. The van der Waals surface area contributed by atoms with Crippen molar-refractivity contribution in [1.29, 1.82) is 0 Å². The Morgan fingerprint density at radius 1 is 1.19 bits per heavy atom. The first kappa shape index (κ1) is 20.2. The molecule has 8 nitrogen and oxygen atoms in total. The molecule has 1 aromatic rings. The van der Waals surface area contributed by atoms with Gasteiger partial charge >= 0.3 is 12.0 Å². The van der Waals surface area contributed by atoms with Gasteiger partial charge in [-0.2, -0.15) is 0 Å². The number of carbonyl (C=O) groups excluding carboxylic acids is 3. The normalized spacial score (nSPS) is 15.8. The highest BCUT2D eigenvalue weighted by atomic mass is 16.5. The van der Waals surface area contributed by atoms with E-state index in [1.807, 2.05) is 0 Å². The largest absolute Gasteiger partial charge is 0.481 e. The topological polar surface area (TPSA) is 113 Å². The predicted molar refractivity (Wildman–Crippen MR) is 96.9 cm³/mol. The zero-order valence-electron chi connectivity index (χ0n) is 15.1. The van der Waals surface area contributed by atoms with E-state index < -0.39 is 30.4 Å². The summed E-state index contributed by atoms with van der Waals surface area (Å²) in [5, 5.41) is 10.9. The van der Waals surface area contributed by atoms with Crippen LogP contribution in [0.3, 0.4) is 0 Å². The smallest absolute Gasteiger partial charge is 0.341 e. The van der Waals surface area contributed by atoms with E-state index >= 15 is 0 Å². The summed E-state index contributed by atoms with van der Waals surface area (Å²) < 4.78 is 5.18. The van der Waals surface area contributed by atoms with Crippen LogP contribution in [0.2, 0.25) is 0 Å². The second-order valence-electron chi connectivity index (χ2n) is 6.05. The third-order valence-corrected chi connectivity index (χ3v) is 3.99. The van der Waals surface area contributed by atoms with E-state index in [1.54, 1.807) is 18.2 Å². The molecule has 0 aliphatic carbocycles. The van der Waals surface area contributed by atoms with Crippen molar-refractivity contribution >= 4 is 29.9 Å². The van der Waals surface area contributed by atoms with Crippen LogP contribution in [0.5, 0.6) is 5.75 Å². The van der Waals surface area contributed by atoms with Gasteiger partial charge in [-0.3, -0.25) is 19.8 Å². The number of barbiturate groups is 1. The fraction of sp³-hybridized carbons (Fsp3) is 0.368. The van der Waals surface area contributed by atoms with E-state index in [1.165, 1.54) is 12.1 Å². The van der Waals surface area contributed by atoms with Crippen LogP contribution < -0.4 is 10.1 Å². The highest BCUT2D eigenvalue weighted by Crippen LogP contribution is 2.23. The van der Waals surface area contributed by atoms with Crippen molar-refractivity contribution in [3.05, 3.63) is 35.4 Å². The Morgan fingerprint density at radius 2 is 1.93 bits per heavy atom. The van der Waals surface area contributed by atoms with Crippen LogP contribution in [-0.4, -0.2) is 47.0 Å². The average Bonchev–Trinajstić information content (AvgIpc) is 2.63. The number of benzene rings is 1. The van der Waals surface area contributed by atoms with E-state index in [2.05, 4.69) is 12.2 Å². The van der Waals surface area contributed by atoms with Crippen molar-refractivity contribution < 1.29 is 29.0 Å². The van der Waals surface area contributed by atoms with Gasteiger partial charge in [-0.25, -0.2) is 9.59 Å². The molecule has 2 N–H and O–H groups in total. The summed E-state index contributed by atoms with van der Waals surface area (Å²) in [6.07, 6.45) is 4.87. The molecule has 1 heterocycles. The van der Waals surface area contributed by atoms with Gasteiger partial charge < -0.3 is 9.84 Å². The lowest BCUT2D eigenvalue weighted by atomic mass is 10.1. The summed E-state index contributed by atoms with van der Waals surface area (Å²) in [5.41, 5.74) is 0.175. The van der Waals surface area contributed by atoms with Crippen molar-refractivity contribution in [2.24, 2.45) is 0 Å². The number of rotatable bonds is 9. The molecule has 8 heteroatoms. The first-order valence-corrected chi connectivity index (χ1v) is 8.76. The minimum atomic E-state index is -1.15. The Morgan fingerprint density at radius 3 is 2.63 bits per heavy atom. The summed E-state index contributed by atoms with van der Waals surface area (Å²) in [5.74, 6) is -2.39. The first-order chi connectivity index (χ1) is 12.9. The lowest BCUT2D eigenvalue weighted by Gasteiger charge is -2.26. The Bertz CT molecular complexity index is 771. The van der Waals surface area contributed by atoms with E-state index in [9.17, 15) is 19.2 Å². The number of carboxylic acid groups (broad SMARTS) is 1. The average molecular weight is 374 g/mol. The maximum Gasteiger partial charge on any atom is 0.341 e. The Labute approximate surface area is 156 Å². The van der Waals surface area contributed by atoms with Gasteiger partial charge in [-0.15, -0.1) is 0 Å². The highest BCUT2D eigenvalue weighted by Gasteiger charge is 2.35. The van der Waals surface area contributed by atoms with Gasteiger partial charge in [0.2, 0.25) is 0 Å². The summed E-state index contributed by atoms with van der Waals surface area (Å²) in [6, 6.07) is 5.71. The van der Waals surface area contributed by atoms with Gasteiger partial charge in [0, 0.05) is 12.1 Å². The minimum Gasteiger partial charge on any atom is -0.481 e. The van der Waals surface area contributed by atoms with Crippen LogP contribution in [0, 0.1) is 0 Å². The van der Waals surface area contributed by atoms with Gasteiger partial charge in [0.25, 0.3) is 11.8 Å². The van der Waals surface area contributed by atoms with Crippen molar-refractivity contribution in [1.82, 2.24) is 10.2 Å².